The van der Waals surface area contributed by atoms with Crippen molar-refractivity contribution in [3.8, 4) is 0 Å². The third-order valence-electron chi connectivity index (χ3n) is 4.77. The molecule has 3 unspecified atom stereocenters. The van der Waals surface area contributed by atoms with Crippen LogP contribution < -0.4 is 5.32 Å². The maximum absolute atomic E-state index is 12.1. The number of hydrogen-bond donors (Lipinski definition) is 1. The number of furan rings is 1. The van der Waals surface area contributed by atoms with Crippen LogP contribution in [0.4, 0.5) is 0 Å². The lowest BCUT2D eigenvalue weighted by Crippen LogP contribution is -2.31. The van der Waals surface area contributed by atoms with Crippen LogP contribution in [0.15, 0.2) is 15.4 Å². The normalized spacial score (nSPS) is 28.0. The molecule has 3 rings (SSSR count). The minimum Gasteiger partial charge on any atom is -0.455 e. The average Bonchev–Trinajstić information content (AvgIpc) is 3.09. The first-order chi connectivity index (χ1) is 9.84. The Morgan fingerprint density at radius 3 is 2.71 bits per heavy atom. The van der Waals surface area contributed by atoms with E-state index >= 15 is 0 Å². The van der Waals surface area contributed by atoms with E-state index in [1.807, 2.05) is 0 Å². The Morgan fingerprint density at radius 1 is 1.43 bits per heavy atom. The number of rotatable bonds is 4. The standard InChI is InChI=1S/C14H18ClNO4S/c1-8-13(21(15,18)19)6-12(20-8)14(17)16-7-11-5-9-2-3-10(11)4-9/h6,9-11H,2-5,7H2,1H3,(H,16,17). The third kappa shape index (κ3) is 2.97. The highest BCUT2D eigenvalue weighted by Crippen LogP contribution is 2.47. The molecule has 2 fully saturated rings. The Balaban J connectivity index is 1.63. The van der Waals surface area contributed by atoms with Crippen molar-refractivity contribution < 1.29 is 17.6 Å². The van der Waals surface area contributed by atoms with E-state index in [1.54, 1.807) is 0 Å². The van der Waals surface area contributed by atoms with Crippen LogP contribution in [-0.2, 0) is 9.05 Å². The lowest BCUT2D eigenvalue weighted by atomic mass is 9.89. The van der Waals surface area contributed by atoms with Gasteiger partial charge in [0.2, 0.25) is 0 Å². The van der Waals surface area contributed by atoms with E-state index in [-0.39, 0.29) is 22.3 Å². The summed E-state index contributed by atoms with van der Waals surface area (Å²) >= 11 is 0. The van der Waals surface area contributed by atoms with Crippen molar-refractivity contribution in [3.63, 3.8) is 0 Å². The van der Waals surface area contributed by atoms with Crippen molar-refractivity contribution in [1.29, 1.82) is 0 Å². The van der Waals surface area contributed by atoms with Crippen molar-refractivity contribution in [2.24, 2.45) is 17.8 Å². The molecule has 0 aromatic carbocycles. The molecule has 2 aliphatic rings. The van der Waals surface area contributed by atoms with E-state index in [9.17, 15) is 13.2 Å². The Kier molecular flexibility index (Phi) is 3.78. The fourth-order valence-electron chi connectivity index (χ4n) is 3.76. The summed E-state index contributed by atoms with van der Waals surface area (Å²) in [6.45, 7) is 2.10. The number of fused-ring (bicyclic) bond motifs is 2. The summed E-state index contributed by atoms with van der Waals surface area (Å²) in [5, 5.41) is 2.85. The Bertz CT molecular complexity index is 667. The van der Waals surface area contributed by atoms with Crippen molar-refractivity contribution in [1.82, 2.24) is 5.32 Å². The zero-order chi connectivity index (χ0) is 15.2. The van der Waals surface area contributed by atoms with Crippen LogP contribution in [0.3, 0.4) is 0 Å². The molecule has 1 aromatic rings. The highest BCUT2D eigenvalue weighted by molar-refractivity contribution is 8.13. The number of aryl methyl sites for hydroxylation is 1. The van der Waals surface area contributed by atoms with E-state index in [4.69, 9.17) is 15.1 Å². The minimum absolute atomic E-state index is 0.00474. The van der Waals surface area contributed by atoms with Gasteiger partial charge in [-0.2, -0.15) is 0 Å². The molecule has 116 valence electrons. The lowest BCUT2D eigenvalue weighted by Gasteiger charge is -2.21. The molecule has 7 heteroatoms. The van der Waals surface area contributed by atoms with Gasteiger partial charge in [0.1, 0.15) is 10.7 Å². The smallest absolute Gasteiger partial charge is 0.287 e. The molecule has 21 heavy (non-hydrogen) atoms. The van der Waals surface area contributed by atoms with Crippen molar-refractivity contribution >= 4 is 25.6 Å². The van der Waals surface area contributed by atoms with Crippen molar-refractivity contribution in [2.45, 2.75) is 37.5 Å². The molecule has 2 bridgehead atoms. The summed E-state index contributed by atoms with van der Waals surface area (Å²) in [6.07, 6.45) is 5.06. The SMILES string of the molecule is Cc1oc(C(=O)NCC2CC3CCC2C3)cc1S(=O)(=O)Cl. The van der Waals surface area contributed by atoms with Crippen LogP contribution in [0.2, 0.25) is 0 Å². The van der Waals surface area contributed by atoms with Crippen molar-refractivity contribution in [2.75, 3.05) is 6.54 Å². The second-order valence-electron chi connectivity index (χ2n) is 6.11. The highest BCUT2D eigenvalue weighted by atomic mass is 35.7. The van der Waals surface area contributed by atoms with Crippen LogP contribution >= 0.6 is 10.7 Å². The Hall–Kier alpha value is -1.01. The molecule has 1 amide bonds. The maximum atomic E-state index is 12.1. The number of halogens is 1. The minimum atomic E-state index is -3.89. The summed E-state index contributed by atoms with van der Waals surface area (Å²) in [5.41, 5.74) is 0. The number of amides is 1. The average molecular weight is 332 g/mol. The molecule has 0 spiro atoms. The van der Waals surface area contributed by atoms with Gasteiger partial charge >= 0.3 is 0 Å². The van der Waals surface area contributed by atoms with Gasteiger partial charge in [-0.1, -0.05) is 6.42 Å². The Morgan fingerprint density at radius 2 is 2.19 bits per heavy atom. The number of carbonyl (C=O) groups excluding carboxylic acids is 1. The van der Waals surface area contributed by atoms with Gasteiger partial charge in [-0.25, -0.2) is 8.42 Å². The van der Waals surface area contributed by atoms with E-state index < -0.39 is 9.05 Å². The molecular formula is C14H18ClNO4S. The first-order valence-electron chi connectivity index (χ1n) is 7.18. The first-order valence-corrected chi connectivity index (χ1v) is 9.49. The van der Waals surface area contributed by atoms with Crippen LogP contribution in [0, 0.1) is 24.7 Å². The topological polar surface area (TPSA) is 76.4 Å². The van der Waals surface area contributed by atoms with E-state index in [0.29, 0.717) is 12.5 Å². The predicted molar refractivity (Wildman–Crippen MR) is 77.8 cm³/mol. The summed E-state index contributed by atoms with van der Waals surface area (Å²) in [4.78, 5) is 11.9. The van der Waals surface area contributed by atoms with Crippen molar-refractivity contribution in [3.05, 3.63) is 17.6 Å². The third-order valence-corrected chi connectivity index (χ3v) is 6.20. The van der Waals surface area contributed by atoms with Gasteiger partial charge in [0.25, 0.3) is 15.0 Å². The zero-order valence-corrected chi connectivity index (χ0v) is 13.3. The van der Waals surface area contributed by atoms with E-state index in [0.717, 1.165) is 11.8 Å². The molecule has 1 N–H and O–H groups in total. The van der Waals surface area contributed by atoms with Gasteiger partial charge in [-0.15, -0.1) is 0 Å². The summed E-state index contributed by atoms with van der Waals surface area (Å²) < 4.78 is 27.8. The molecule has 0 radical (unpaired) electrons. The van der Waals surface area contributed by atoms with Crippen LogP contribution in [0.1, 0.15) is 42.0 Å². The maximum Gasteiger partial charge on any atom is 0.287 e. The van der Waals surface area contributed by atoms with Gasteiger partial charge in [0.15, 0.2) is 5.76 Å². The molecule has 3 atom stereocenters. The highest BCUT2D eigenvalue weighted by Gasteiger charge is 2.39. The molecule has 2 aliphatic carbocycles. The molecule has 5 nitrogen and oxygen atoms in total. The quantitative estimate of drug-likeness (QED) is 0.860. The monoisotopic (exact) mass is 331 g/mol. The zero-order valence-electron chi connectivity index (χ0n) is 11.8. The molecule has 2 saturated carbocycles. The van der Waals surface area contributed by atoms with Gasteiger partial charge in [-0.3, -0.25) is 4.79 Å². The molecule has 1 aromatic heterocycles. The molecular weight excluding hydrogens is 314 g/mol. The predicted octanol–water partition coefficient (Wildman–Crippen LogP) is 2.68. The molecule has 0 saturated heterocycles. The summed E-state index contributed by atoms with van der Waals surface area (Å²) in [6, 6.07) is 1.19. The summed E-state index contributed by atoms with van der Waals surface area (Å²) in [5.74, 6) is 1.85. The van der Waals surface area contributed by atoms with Gasteiger partial charge in [0, 0.05) is 23.3 Å². The van der Waals surface area contributed by atoms with Crippen LogP contribution in [0.25, 0.3) is 0 Å². The second-order valence-corrected chi connectivity index (χ2v) is 8.65. The van der Waals surface area contributed by atoms with Gasteiger partial charge in [-0.05, 0) is 43.9 Å². The van der Waals surface area contributed by atoms with Crippen LogP contribution in [0.5, 0.6) is 0 Å². The van der Waals surface area contributed by atoms with Gasteiger partial charge < -0.3 is 9.73 Å². The largest absolute Gasteiger partial charge is 0.455 e. The number of nitrogens with one attached hydrogen (secondary N) is 1. The lowest BCUT2D eigenvalue weighted by molar-refractivity contribution is 0.0912. The second kappa shape index (κ2) is 5.32. The number of hydrogen-bond acceptors (Lipinski definition) is 4. The fraction of sp³-hybridized carbons (Fsp3) is 0.643. The van der Waals surface area contributed by atoms with Gasteiger partial charge in [0.05, 0.1) is 0 Å². The van der Waals surface area contributed by atoms with Crippen LogP contribution in [-0.4, -0.2) is 20.9 Å². The fourth-order valence-corrected chi connectivity index (χ4v) is 4.85. The Labute approximate surface area is 128 Å². The van der Waals surface area contributed by atoms with E-state index in [2.05, 4.69) is 5.32 Å². The summed E-state index contributed by atoms with van der Waals surface area (Å²) in [7, 11) is 1.40. The number of carbonyl (C=O) groups is 1. The molecule has 0 aliphatic heterocycles. The van der Waals surface area contributed by atoms with E-state index in [1.165, 1.54) is 38.7 Å². The molecule has 1 heterocycles. The first kappa shape index (κ1) is 14.9.